The Bertz CT molecular complexity index is 368. The van der Waals surface area contributed by atoms with Crippen LogP contribution in [0, 0.1) is 0 Å². The molecule has 5 N–H and O–H groups in total. The maximum Gasteiger partial charge on any atom is 0.221 e. The van der Waals surface area contributed by atoms with Gasteiger partial charge in [0, 0.05) is 24.7 Å². The van der Waals surface area contributed by atoms with E-state index in [4.69, 9.17) is 5.73 Å². The highest BCUT2D eigenvalue weighted by atomic mass is 16.3. The Balaban J connectivity index is 2.98. The van der Waals surface area contributed by atoms with E-state index in [2.05, 4.69) is 5.32 Å². The monoisotopic (exact) mass is 224 g/mol. The summed E-state index contributed by atoms with van der Waals surface area (Å²) in [4.78, 5) is 10.9. The number of rotatable bonds is 4. The van der Waals surface area contributed by atoms with Gasteiger partial charge in [0.15, 0.2) is 0 Å². The predicted octanol–water partition coefficient (Wildman–Crippen LogP) is -0.00200. The second kappa shape index (κ2) is 5.60. The van der Waals surface area contributed by atoms with Crippen LogP contribution >= 0.6 is 0 Å². The van der Waals surface area contributed by atoms with E-state index in [-0.39, 0.29) is 12.5 Å². The van der Waals surface area contributed by atoms with Gasteiger partial charge in [0.05, 0.1) is 6.10 Å². The number of anilines is 1. The fraction of sp³-hybridized carbons (Fsp3) is 0.364. The molecule has 0 saturated carbocycles. The lowest BCUT2D eigenvalue weighted by atomic mass is 10.0. The molecular weight excluding hydrogens is 208 g/mol. The summed E-state index contributed by atoms with van der Waals surface area (Å²) in [7, 11) is 0. The predicted molar refractivity (Wildman–Crippen MR) is 60.8 cm³/mol. The molecule has 5 heteroatoms. The van der Waals surface area contributed by atoms with Crippen molar-refractivity contribution >= 4 is 11.6 Å². The van der Waals surface area contributed by atoms with Crippen LogP contribution in [0.25, 0.3) is 0 Å². The van der Waals surface area contributed by atoms with Gasteiger partial charge in [0.1, 0.15) is 6.10 Å². The molecule has 0 radical (unpaired) electrons. The molecule has 0 saturated heterocycles. The molecule has 0 aromatic heterocycles. The van der Waals surface area contributed by atoms with E-state index in [1.54, 1.807) is 24.3 Å². The van der Waals surface area contributed by atoms with E-state index in [1.165, 1.54) is 6.92 Å². The molecule has 1 amide bonds. The third kappa shape index (κ3) is 3.03. The second-order valence-electron chi connectivity index (χ2n) is 3.52. The fourth-order valence-electron chi connectivity index (χ4n) is 1.39. The highest BCUT2D eigenvalue weighted by Crippen LogP contribution is 2.24. The molecule has 1 aromatic rings. The van der Waals surface area contributed by atoms with Crippen LogP contribution in [0.1, 0.15) is 18.6 Å². The number of hydrogen-bond donors (Lipinski definition) is 4. The van der Waals surface area contributed by atoms with Crippen molar-refractivity contribution in [2.45, 2.75) is 19.1 Å². The highest BCUT2D eigenvalue weighted by Gasteiger charge is 2.19. The van der Waals surface area contributed by atoms with Gasteiger partial charge in [-0.05, 0) is 6.07 Å². The molecule has 0 aliphatic heterocycles. The molecule has 2 unspecified atom stereocenters. The summed E-state index contributed by atoms with van der Waals surface area (Å²) in [5, 5.41) is 21.8. The molecule has 0 bridgehead atoms. The first kappa shape index (κ1) is 12.6. The number of hydrogen-bond acceptors (Lipinski definition) is 4. The van der Waals surface area contributed by atoms with E-state index in [0.717, 1.165) is 0 Å². The van der Waals surface area contributed by atoms with E-state index >= 15 is 0 Å². The lowest BCUT2D eigenvalue weighted by Crippen LogP contribution is -2.28. The van der Waals surface area contributed by atoms with Crippen molar-refractivity contribution < 1.29 is 15.0 Å². The Morgan fingerprint density at radius 1 is 1.44 bits per heavy atom. The van der Waals surface area contributed by atoms with E-state index < -0.39 is 12.2 Å². The minimum Gasteiger partial charge on any atom is -0.389 e. The van der Waals surface area contributed by atoms with Crippen molar-refractivity contribution in [3.8, 4) is 0 Å². The molecule has 0 aliphatic carbocycles. The highest BCUT2D eigenvalue weighted by molar-refractivity contribution is 5.89. The summed E-state index contributed by atoms with van der Waals surface area (Å²) >= 11 is 0. The molecule has 16 heavy (non-hydrogen) atoms. The summed E-state index contributed by atoms with van der Waals surface area (Å²) in [6.45, 7) is 1.33. The van der Waals surface area contributed by atoms with Gasteiger partial charge < -0.3 is 21.3 Å². The van der Waals surface area contributed by atoms with Crippen LogP contribution in [-0.4, -0.2) is 28.8 Å². The molecular formula is C11H16N2O3. The topological polar surface area (TPSA) is 95.6 Å². The normalized spacial score (nSPS) is 14.2. The van der Waals surface area contributed by atoms with Crippen LogP contribution in [0.4, 0.5) is 5.69 Å². The Morgan fingerprint density at radius 2 is 2.06 bits per heavy atom. The molecule has 0 heterocycles. The molecule has 1 rings (SSSR count). The quantitative estimate of drug-likeness (QED) is 0.579. The Labute approximate surface area is 93.9 Å². The summed E-state index contributed by atoms with van der Waals surface area (Å²) in [6, 6.07) is 6.74. The number of nitrogens with one attached hydrogen (secondary N) is 1. The molecule has 2 atom stereocenters. The van der Waals surface area contributed by atoms with Crippen molar-refractivity contribution in [2.75, 3.05) is 11.9 Å². The van der Waals surface area contributed by atoms with Crippen LogP contribution in [0.3, 0.4) is 0 Å². The van der Waals surface area contributed by atoms with Crippen LogP contribution in [0.15, 0.2) is 24.3 Å². The number of aliphatic hydroxyl groups excluding tert-OH is 2. The summed E-state index contributed by atoms with van der Waals surface area (Å²) < 4.78 is 0. The summed E-state index contributed by atoms with van der Waals surface area (Å²) in [5.41, 5.74) is 6.20. The van der Waals surface area contributed by atoms with Gasteiger partial charge >= 0.3 is 0 Å². The van der Waals surface area contributed by atoms with Gasteiger partial charge in [-0.3, -0.25) is 4.79 Å². The molecule has 0 fully saturated rings. The minimum atomic E-state index is -1.10. The first-order valence-electron chi connectivity index (χ1n) is 4.99. The average molecular weight is 224 g/mol. The first-order valence-corrected chi connectivity index (χ1v) is 4.99. The lowest BCUT2D eigenvalue weighted by molar-refractivity contribution is -0.114. The number of carbonyl (C=O) groups excluding carboxylic acids is 1. The zero-order valence-electron chi connectivity index (χ0n) is 9.05. The second-order valence-corrected chi connectivity index (χ2v) is 3.52. The number of benzene rings is 1. The Hall–Kier alpha value is -1.43. The van der Waals surface area contributed by atoms with Crippen molar-refractivity contribution in [3.05, 3.63) is 29.8 Å². The first-order chi connectivity index (χ1) is 7.56. The van der Waals surface area contributed by atoms with Crippen molar-refractivity contribution in [1.29, 1.82) is 0 Å². The average Bonchev–Trinajstić information content (AvgIpc) is 2.27. The van der Waals surface area contributed by atoms with Gasteiger partial charge in [0.2, 0.25) is 5.91 Å². The molecule has 88 valence electrons. The number of amides is 1. The third-order valence-electron chi connectivity index (χ3n) is 2.20. The van der Waals surface area contributed by atoms with E-state index in [0.29, 0.717) is 11.3 Å². The van der Waals surface area contributed by atoms with Gasteiger partial charge in [-0.2, -0.15) is 0 Å². The van der Waals surface area contributed by atoms with Crippen LogP contribution in [-0.2, 0) is 4.79 Å². The van der Waals surface area contributed by atoms with Crippen LogP contribution in [0.5, 0.6) is 0 Å². The lowest BCUT2D eigenvalue weighted by Gasteiger charge is -2.19. The van der Waals surface area contributed by atoms with E-state index in [1.807, 2.05) is 0 Å². The fourth-order valence-corrected chi connectivity index (χ4v) is 1.39. The minimum absolute atomic E-state index is 0.0461. The Morgan fingerprint density at radius 3 is 2.62 bits per heavy atom. The number of para-hydroxylation sites is 1. The van der Waals surface area contributed by atoms with Gasteiger partial charge in [-0.25, -0.2) is 0 Å². The Kier molecular flexibility index (Phi) is 4.42. The molecule has 5 nitrogen and oxygen atoms in total. The number of aliphatic hydroxyl groups is 2. The summed E-state index contributed by atoms with van der Waals surface area (Å²) in [5.74, 6) is -0.234. The van der Waals surface area contributed by atoms with Crippen molar-refractivity contribution in [1.82, 2.24) is 0 Å². The van der Waals surface area contributed by atoms with Gasteiger partial charge in [-0.15, -0.1) is 0 Å². The molecule has 0 spiro atoms. The van der Waals surface area contributed by atoms with Crippen LogP contribution < -0.4 is 11.1 Å². The number of nitrogens with two attached hydrogens (primary N) is 1. The zero-order valence-corrected chi connectivity index (χ0v) is 9.05. The molecule has 0 aliphatic rings. The maximum absolute atomic E-state index is 10.9. The van der Waals surface area contributed by atoms with Crippen molar-refractivity contribution in [2.24, 2.45) is 5.73 Å². The van der Waals surface area contributed by atoms with Crippen LogP contribution in [0.2, 0.25) is 0 Å². The number of carbonyl (C=O) groups is 1. The maximum atomic E-state index is 10.9. The van der Waals surface area contributed by atoms with E-state index in [9.17, 15) is 15.0 Å². The zero-order chi connectivity index (χ0) is 12.1. The van der Waals surface area contributed by atoms with Gasteiger partial charge in [-0.1, -0.05) is 18.2 Å². The van der Waals surface area contributed by atoms with Gasteiger partial charge in [0.25, 0.3) is 0 Å². The third-order valence-corrected chi connectivity index (χ3v) is 2.20. The standard InChI is InChI=1S/C11H16N2O3/c1-7(14)13-9-5-3-2-4-8(9)11(16)10(15)6-12/h2-5,10-11,15-16H,6,12H2,1H3,(H,13,14). The smallest absolute Gasteiger partial charge is 0.221 e. The largest absolute Gasteiger partial charge is 0.389 e. The van der Waals surface area contributed by atoms with Crippen molar-refractivity contribution in [3.63, 3.8) is 0 Å². The summed E-state index contributed by atoms with van der Waals surface area (Å²) in [6.07, 6.45) is -2.15. The molecule has 1 aromatic carbocycles. The SMILES string of the molecule is CC(=O)Nc1ccccc1C(O)C(O)CN.